The Kier molecular flexibility index (Phi) is 3.48. The van der Waals surface area contributed by atoms with Crippen molar-refractivity contribution in [2.45, 2.75) is 26.8 Å². The maximum Gasteiger partial charge on any atom is 0.233 e. The van der Waals surface area contributed by atoms with Crippen LogP contribution in [-0.4, -0.2) is 60.2 Å². The first-order chi connectivity index (χ1) is 8.36. The van der Waals surface area contributed by atoms with Crippen LogP contribution < -0.4 is 0 Å². The van der Waals surface area contributed by atoms with Crippen molar-refractivity contribution in [2.24, 2.45) is 4.99 Å². The lowest BCUT2D eigenvalue weighted by atomic mass is 10.1. The van der Waals surface area contributed by atoms with Gasteiger partial charge in [-0.1, -0.05) is 0 Å². The molecular formula is C11H19N3O3S. The van der Waals surface area contributed by atoms with Gasteiger partial charge in [-0.25, -0.2) is 8.42 Å². The Hall–Kier alpha value is -0.920. The average molecular weight is 273 g/mol. The third kappa shape index (κ3) is 2.17. The van der Waals surface area contributed by atoms with Gasteiger partial charge >= 0.3 is 0 Å². The summed E-state index contributed by atoms with van der Waals surface area (Å²) in [5, 5.41) is 8.96. The zero-order valence-corrected chi connectivity index (χ0v) is 11.7. The smallest absolute Gasteiger partial charge is 0.233 e. The minimum absolute atomic E-state index is 0.0816. The van der Waals surface area contributed by atoms with Gasteiger partial charge in [0.1, 0.15) is 11.7 Å². The zero-order chi connectivity index (χ0) is 13.5. The van der Waals surface area contributed by atoms with Crippen LogP contribution in [0, 0.1) is 0 Å². The third-order valence-electron chi connectivity index (χ3n) is 3.54. The number of aliphatic imine (C=N–C) groups is 1. The predicted octanol–water partition coefficient (Wildman–Crippen LogP) is -0.0219. The lowest BCUT2D eigenvalue weighted by Gasteiger charge is -2.41. The van der Waals surface area contributed by atoms with Gasteiger partial charge in [-0.05, 0) is 26.3 Å². The van der Waals surface area contributed by atoms with Gasteiger partial charge < -0.3 is 10.0 Å². The van der Waals surface area contributed by atoms with Crippen LogP contribution >= 0.6 is 0 Å². The largest absolute Gasteiger partial charge is 0.395 e. The number of sulfonamides is 1. The summed E-state index contributed by atoms with van der Waals surface area (Å²) in [5.74, 6) is 0.664. The van der Waals surface area contributed by atoms with Crippen LogP contribution in [0.5, 0.6) is 0 Å². The highest BCUT2D eigenvalue weighted by molar-refractivity contribution is 7.89. The SMILES string of the molecule is CC1=N[C@@H](C)C(C)=C2CN(CCO)S(=O)(=O)CN12. The van der Waals surface area contributed by atoms with E-state index in [0.717, 1.165) is 17.1 Å². The van der Waals surface area contributed by atoms with E-state index < -0.39 is 10.0 Å². The summed E-state index contributed by atoms with van der Waals surface area (Å²) >= 11 is 0. The van der Waals surface area contributed by atoms with E-state index in [-0.39, 0.29) is 25.1 Å². The number of fused-ring (bicyclic) bond motifs is 1. The molecule has 1 atom stereocenters. The van der Waals surface area contributed by atoms with Crippen molar-refractivity contribution in [3.8, 4) is 0 Å². The molecule has 0 aromatic carbocycles. The molecule has 1 fully saturated rings. The van der Waals surface area contributed by atoms with Crippen molar-refractivity contribution < 1.29 is 13.5 Å². The standard InChI is InChI=1S/C11H19N3O3S/c1-8-9(2)12-10(3)14-7-18(16,17)13(4-5-15)6-11(8)14/h9,15H,4-7H2,1-3H3/t9-/m0/s1. The molecule has 1 N–H and O–H groups in total. The second kappa shape index (κ2) is 4.64. The van der Waals surface area contributed by atoms with Gasteiger partial charge in [0.2, 0.25) is 10.0 Å². The molecule has 0 bridgehead atoms. The van der Waals surface area contributed by atoms with E-state index in [1.165, 1.54) is 4.31 Å². The van der Waals surface area contributed by atoms with Crippen LogP contribution in [0.25, 0.3) is 0 Å². The van der Waals surface area contributed by atoms with Crippen LogP contribution in [0.1, 0.15) is 20.8 Å². The first-order valence-electron chi connectivity index (χ1n) is 5.97. The lowest BCUT2D eigenvalue weighted by molar-refractivity contribution is 0.246. The quantitative estimate of drug-likeness (QED) is 0.767. The average Bonchev–Trinajstić information content (AvgIpc) is 2.28. The number of β-amino-alcohol motifs (C(OH)–C–C–N with tert-alkyl or cyclic N) is 1. The van der Waals surface area contributed by atoms with Gasteiger partial charge in [-0.3, -0.25) is 4.99 Å². The van der Waals surface area contributed by atoms with Crippen LogP contribution in [0.15, 0.2) is 16.3 Å². The molecule has 7 heteroatoms. The Balaban J connectivity index is 2.38. The summed E-state index contributed by atoms with van der Waals surface area (Å²) in [6.45, 7) is 6.14. The maximum atomic E-state index is 12.1. The van der Waals surface area contributed by atoms with E-state index in [9.17, 15) is 8.42 Å². The molecule has 0 saturated carbocycles. The Morgan fingerprint density at radius 1 is 1.44 bits per heavy atom. The zero-order valence-electron chi connectivity index (χ0n) is 10.9. The highest BCUT2D eigenvalue weighted by Gasteiger charge is 2.37. The first-order valence-corrected chi connectivity index (χ1v) is 7.58. The Morgan fingerprint density at radius 3 is 2.72 bits per heavy atom. The highest BCUT2D eigenvalue weighted by Crippen LogP contribution is 2.28. The molecule has 2 rings (SSSR count). The number of nitrogens with zero attached hydrogens (tertiary/aromatic N) is 3. The van der Waals surface area contributed by atoms with Gasteiger partial charge in [0, 0.05) is 12.2 Å². The lowest BCUT2D eigenvalue weighted by Crippen LogP contribution is -2.52. The topological polar surface area (TPSA) is 73.2 Å². The molecule has 0 spiro atoms. The number of aliphatic hydroxyl groups excluding tert-OH is 1. The molecule has 0 radical (unpaired) electrons. The van der Waals surface area contributed by atoms with Crippen LogP contribution in [-0.2, 0) is 10.0 Å². The molecule has 0 aromatic heterocycles. The Labute approximate surface area is 108 Å². The van der Waals surface area contributed by atoms with Crippen molar-refractivity contribution in [1.29, 1.82) is 0 Å². The summed E-state index contributed by atoms with van der Waals surface area (Å²) in [6, 6.07) is 0.0908. The molecule has 0 amide bonds. The summed E-state index contributed by atoms with van der Waals surface area (Å²) in [6.07, 6.45) is 0. The minimum Gasteiger partial charge on any atom is -0.395 e. The summed E-state index contributed by atoms with van der Waals surface area (Å²) in [5.41, 5.74) is 2.09. The molecular weight excluding hydrogens is 254 g/mol. The van der Waals surface area contributed by atoms with Crippen LogP contribution in [0.3, 0.4) is 0 Å². The molecule has 0 unspecified atom stereocenters. The van der Waals surface area contributed by atoms with Gasteiger partial charge in [0.05, 0.1) is 19.2 Å². The highest BCUT2D eigenvalue weighted by atomic mass is 32.2. The van der Waals surface area contributed by atoms with Crippen molar-refractivity contribution in [2.75, 3.05) is 25.6 Å². The third-order valence-corrected chi connectivity index (χ3v) is 5.22. The molecule has 18 heavy (non-hydrogen) atoms. The van der Waals surface area contributed by atoms with Gasteiger partial charge in [-0.2, -0.15) is 4.31 Å². The Morgan fingerprint density at radius 2 is 2.11 bits per heavy atom. The summed E-state index contributed by atoms with van der Waals surface area (Å²) < 4.78 is 25.5. The first kappa shape index (κ1) is 13.5. The van der Waals surface area contributed by atoms with Crippen LogP contribution in [0.4, 0.5) is 0 Å². The molecule has 102 valence electrons. The number of amidine groups is 1. The number of rotatable bonds is 2. The fourth-order valence-electron chi connectivity index (χ4n) is 2.32. The van der Waals surface area contributed by atoms with Crippen molar-refractivity contribution in [3.63, 3.8) is 0 Å². The number of hydrogen-bond donors (Lipinski definition) is 1. The normalized spacial score (nSPS) is 28.1. The van der Waals surface area contributed by atoms with Gasteiger partial charge in [0.25, 0.3) is 0 Å². The summed E-state index contributed by atoms with van der Waals surface area (Å²) in [4.78, 5) is 6.20. The van der Waals surface area contributed by atoms with E-state index >= 15 is 0 Å². The maximum absolute atomic E-state index is 12.1. The summed E-state index contributed by atoms with van der Waals surface area (Å²) in [7, 11) is -3.35. The number of aliphatic hydroxyl groups is 1. The molecule has 2 aliphatic heterocycles. The van der Waals surface area contributed by atoms with Gasteiger partial charge in [0.15, 0.2) is 0 Å². The molecule has 1 saturated heterocycles. The molecule has 6 nitrogen and oxygen atoms in total. The molecule has 0 aliphatic carbocycles. The monoisotopic (exact) mass is 273 g/mol. The fraction of sp³-hybridized carbons (Fsp3) is 0.727. The second-order valence-corrected chi connectivity index (χ2v) is 6.65. The van der Waals surface area contributed by atoms with Crippen molar-refractivity contribution in [3.05, 3.63) is 11.3 Å². The minimum atomic E-state index is -3.35. The molecule has 2 heterocycles. The van der Waals surface area contributed by atoms with E-state index in [0.29, 0.717) is 6.54 Å². The van der Waals surface area contributed by atoms with E-state index in [1.807, 2.05) is 20.8 Å². The van der Waals surface area contributed by atoms with Gasteiger partial charge in [-0.15, -0.1) is 0 Å². The molecule has 2 aliphatic rings. The van der Waals surface area contributed by atoms with Crippen molar-refractivity contribution >= 4 is 15.9 Å². The number of hydrogen-bond acceptors (Lipinski definition) is 5. The van der Waals surface area contributed by atoms with E-state index in [1.54, 1.807) is 4.90 Å². The fourth-order valence-corrected chi connectivity index (χ4v) is 3.83. The van der Waals surface area contributed by atoms with E-state index in [4.69, 9.17) is 5.11 Å². The Bertz CT molecular complexity index is 510. The van der Waals surface area contributed by atoms with E-state index in [2.05, 4.69) is 4.99 Å². The molecule has 0 aromatic rings. The second-order valence-electron chi connectivity index (χ2n) is 4.71. The predicted molar refractivity (Wildman–Crippen MR) is 69.6 cm³/mol. The van der Waals surface area contributed by atoms with Crippen LogP contribution in [0.2, 0.25) is 0 Å². The van der Waals surface area contributed by atoms with Crippen molar-refractivity contribution in [1.82, 2.24) is 9.21 Å².